The maximum absolute atomic E-state index is 11.8. The van der Waals surface area contributed by atoms with Gasteiger partial charge in [-0.25, -0.2) is 4.79 Å². The summed E-state index contributed by atoms with van der Waals surface area (Å²) in [5, 5.41) is 8.52. The third-order valence-electron chi connectivity index (χ3n) is 3.16. The summed E-state index contributed by atoms with van der Waals surface area (Å²) in [7, 11) is 0. The van der Waals surface area contributed by atoms with Gasteiger partial charge >= 0.3 is 5.97 Å². The molecular formula is C16H30O5. The fraction of sp³-hybridized carbons (Fsp3) is 0.812. The summed E-state index contributed by atoms with van der Waals surface area (Å²) in [5.41, 5.74) is 0.447. The Balaban J connectivity index is 3.86. The number of hydrogen-bond donors (Lipinski definition) is 1. The molecule has 0 amide bonds. The summed E-state index contributed by atoms with van der Waals surface area (Å²) in [5.74, 6) is 0.107. The second-order valence-electron chi connectivity index (χ2n) is 5.02. The van der Waals surface area contributed by atoms with Gasteiger partial charge in [0.15, 0.2) is 0 Å². The van der Waals surface area contributed by atoms with E-state index >= 15 is 0 Å². The van der Waals surface area contributed by atoms with E-state index in [1.165, 1.54) is 12.7 Å². The van der Waals surface area contributed by atoms with Gasteiger partial charge in [0, 0.05) is 0 Å². The molecule has 21 heavy (non-hydrogen) atoms. The lowest BCUT2D eigenvalue weighted by atomic mass is 10.0. The summed E-state index contributed by atoms with van der Waals surface area (Å²) >= 11 is 0. The van der Waals surface area contributed by atoms with Crippen molar-refractivity contribution >= 4 is 5.97 Å². The Morgan fingerprint density at radius 1 is 1.24 bits per heavy atom. The number of esters is 1. The normalized spacial score (nSPS) is 13.0. The smallest absolute Gasteiger partial charge is 0.336 e. The number of aliphatic hydroxyl groups is 1. The Labute approximate surface area is 128 Å². The van der Waals surface area contributed by atoms with Gasteiger partial charge in [-0.05, 0) is 19.3 Å². The van der Waals surface area contributed by atoms with Gasteiger partial charge in [-0.15, -0.1) is 0 Å². The standard InChI is InChI=1S/C16H30O5/c1-4-6-7-15(5-2)13-21-16(18)14(3)12-20-11-10-19-9-8-17/h12,15,17H,4-11,13H2,1-3H3. The van der Waals surface area contributed by atoms with Crippen molar-refractivity contribution < 1.29 is 24.1 Å². The van der Waals surface area contributed by atoms with E-state index in [9.17, 15) is 4.79 Å². The minimum absolute atomic E-state index is 0.00216. The Bertz CT molecular complexity index is 288. The molecule has 0 saturated carbocycles. The topological polar surface area (TPSA) is 65.0 Å². The third-order valence-corrected chi connectivity index (χ3v) is 3.16. The highest BCUT2D eigenvalue weighted by Crippen LogP contribution is 2.13. The zero-order chi connectivity index (χ0) is 15.9. The summed E-state index contributed by atoms with van der Waals surface area (Å²) in [4.78, 5) is 11.8. The molecule has 0 rings (SSSR count). The predicted molar refractivity (Wildman–Crippen MR) is 81.9 cm³/mol. The first-order chi connectivity index (χ1) is 10.2. The first-order valence-corrected chi connectivity index (χ1v) is 7.79. The van der Waals surface area contributed by atoms with Crippen LogP contribution in [0.1, 0.15) is 46.5 Å². The molecule has 0 aliphatic rings. The molecule has 0 saturated heterocycles. The van der Waals surface area contributed by atoms with E-state index in [4.69, 9.17) is 19.3 Å². The summed E-state index contributed by atoms with van der Waals surface area (Å²) in [6.45, 7) is 7.44. The van der Waals surface area contributed by atoms with Crippen molar-refractivity contribution in [2.24, 2.45) is 5.92 Å². The van der Waals surface area contributed by atoms with Crippen LogP contribution in [0.3, 0.4) is 0 Å². The second-order valence-corrected chi connectivity index (χ2v) is 5.02. The van der Waals surface area contributed by atoms with Crippen molar-refractivity contribution in [3.8, 4) is 0 Å². The fourth-order valence-corrected chi connectivity index (χ4v) is 1.71. The maximum Gasteiger partial charge on any atom is 0.336 e. The molecule has 0 aromatic rings. The predicted octanol–water partition coefficient (Wildman–Crippen LogP) is 2.68. The molecule has 0 spiro atoms. The largest absolute Gasteiger partial charge is 0.498 e. The highest BCUT2D eigenvalue weighted by atomic mass is 16.5. The van der Waals surface area contributed by atoms with Crippen LogP contribution in [0.4, 0.5) is 0 Å². The van der Waals surface area contributed by atoms with Gasteiger partial charge in [-0.3, -0.25) is 0 Å². The monoisotopic (exact) mass is 302 g/mol. The second kappa shape index (κ2) is 13.9. The lowest BCUT2D eigenvalue weighted by Crippen LogP contribution is -2.15. The van der Waals surface area contributed by atoms with E-state index in [2.05, 4.69) is 13.8 Å². The highest BCUT2D eigenvalue weighted by Gasteiger charge is 2.11. The number of ether oxygens (including phenoxy) is 3. The van der Waals surface area contributed by atoms with Crippen LogP contribution in [0.15, 0.2) is 11.8 Å². The molecule has 0 aromatic carbocycles. The van der Waals surface area contributed by atoms with Gasteiger partial charge in [0.2, 0.25) is 0 Å². The van der Waals surface area contributed by atoms with Crippen LogP contribution in [0, 0.1) is 5.92 Å². The van der Waals surface area contributed by atoms with Crippen LogP contribution >= 0.6 is 0 Å². The Morgan fingerprint density at radius 3 is 2.62 bits per heavy atom. The molecule has 0 fully saturated rings. The lowest BCUT2D eigenvalue weighted by molar-refractivity contribution is -0.140. The van der Waals surface area contributed by atoms with Crippen LogP contribution < -0.4 is 0 Å². The Hall–Kier alpha value is -1.07. The quantitative estimate of drug-likeness (QED) is 0.245. The van der Waals surface area contributed by atoms with E-state index in [0.717, 1.165) is 19.3 Å². The first-order valence-electron chi connectivity index (χ1n) is 7.79. The minimum Gasteiger partial charge on any atom is -0.498 e. The van der Waals surface area contributed by atoms with Crippen molar-refractivity contribution in [1.29, 1.82) is 0 Å². The molecule has 5 heteroatoms. The molecule has 0 aliphatic heterocycles. The Kier molecular flexibility index (Phi) is 13.2. The first kappa shape index (κ1) is 19.9. The highest BCUT2D eigenvalue weighted by molar-refractivity contribution is 5.87. The van der Waals surface area contributed by atoms with Crippen LogP contribution in [-0.2, 0) is 19.0 Å². The van der Waals surface area contributed by atoms with Crippen LogP contribution in [0.25, 0.3) is 0 Å². The van der Waals surface area contributed by atoms with Crippen molar-refractivity contribution in [1.82, 2.24) is 0 Å². The molecule has 0 aromatic heterocycles. The SMILES string of the molecule is CCCCC(CC)COC(=O)C(C)=COCCOCCO. The van der Waals surface area contributed by atoms with Crippen LogP contribution in [0.2, 0.25) is 0 Å². The van der Waals surface area contributed by atoms with Gasteiger partial charge < -0.3 is 19.3 Å². The van der Waals surface area contributed by atoms with Crippen molar-refractivity contribution in [2.45, 2.75) is 46.5 Å². The molecule has 1 atom stereocenters. The number of rotatable bonds is 13. The van der Waals surface area contributed by atoms with E-state index in [1.54, 1.807) is 6.92 Å². The molecule has 1 N–H and O–H groups in total. The summed E-state index contributed by atoms with van der Waals surface area (Å²) in [6.07, 6.45) is 5.85. The molecule has 1 unspecified atom stereocenters. The lowest BCUT2D eigenvalue weighted by Gasteiger charge is -2.14. The van der Waals surface area contributed by atoms with Gasteiger partial charge in [-0.1, -0.05) is 33.1 Å². The third kappa shape index (κ3) is 11.3. The van der Waals surface area contributed by atoms with Crippen molar-refractivity contribution in [2.75, 3.05) is 33.0 Å². The molecule has 0 heterocycles. The number of carbonyl (C=O) groups is 1. The number of unbranched alkanes of at least 4 members (excludes halogenated alkanes) is 1. The van der Waals surface area contributed by atoms with E-state index < -0.39 is 0 Å². The van der Waals surface area contributed by atoms with Gasteiger partial charge in [0.25, 0.3) is 0 Å². The zero-order valence-electron chi connectivity index (χ0n) is 13.6. The van der Waals surface area contributed by atoms with Gasteiger partial charge in [-0.2, -0.15) is 0 Å². The number of aliphatic hydroxyl groups excluding tert-OH is 1. The van der Waals surface area contributed by atoms with E-state index in [0.29, 0.717) is 37.9 Å². The van der Waals surface area contributed by atoms with E-state index in [-0.39, 0.29) is 12.6 Å². The minimum atomic E-state index is -0.332. The van der Waals surface area contributed by atoms with Crippen LogP contribution in [-0.4, -0.2) is 44.1 Å². The zero-order valence-corrected chi connectivity index (χ0v) is 13.6. The van der Waals surface area contributed by atoms with Crippen LogP contribution in [0.5, 0.6) is 0 Å². The maximum atomic E-state index is 11.8. The Morgan fingerprint density at radius 2 is 2.00 bits per heavy atom. The van der Waals surface area contributed by atoms with E-state index in [1.807, 2.05) is 0 Å². The molecule has 0 aliphatic carbocycles. The average Bonchev–Trinajstić information content (AvgIpc) is 2.50. The summed E-state index contributed by atoms with van der Waals surface area (Å²) in [6, 6.07) is 0. The molecule has 0 radical (unpaired) electrons. The fourth-order valence-electron chi connectivity index (χ4n) is 1.71. The van der Waals surface area contributed by atoms with Gasteiger partial charge in [0.1, 0.15) is 6.61 Å². The summed E-state index contributed by atoms with van der Waals surface area (Å²) < 4.78 is 15.5. The average molecular weight is 302 g/mol. The van der Waals surface area contributed by atoms with Gasteiger partial charge in [0.05, 0.1) is 38.3 Å². The molecular weight excluding hydrogens is 272 g/mol. The number of hydrogen-bond acceptors (Lipinski definition) is 5. The number of carbonyl (C=O) groups excluding carboxylic acids is 1. The molecule has 0 bridgehead atoms. The van der Waals surface area contributed by atoms with Crippen molar-refractivity contribution in [3.05, 3.63) is 11.8 Å². The van der Waals surface area contributed by atoms with Crippen molar-refractivity contribution in [3.63, 3.8) is 0 Å². The molecule has 5 nitrogen and oxygen atoms in total. The molecule has 124 valence electrons.